The van der Waals surface area contributed by atoms with Crippen molar-refractivity contribution in [2.24, 2.45) is 0 Å². The molecule has 0 radical (unpaired) electrons. The van der Waals surface area contributed by atoms with Crippen molar-refractivity contribution < 1.29 is 9.53 Å². The number of nitrogens with zero attached hydrogens (tertiary/aromatic N) is 2. The summed E-state index contributed by atoms with van der Waals surface area (Å²) in [6.07, 6.45) is 0. The van der Waals surface area contributed by atoms with Crippen LogP contribution in [0.2, 0.25) is 9.49 Å². The number of halogens is 2. The fourth-order valence-electron chi connectivity index (χ4n) is 1.23. The van der Waals surface area contributed by atoms with Crippen molar-refractivity contribution in [1.29, 1.82) is 0 Å². The largest absolute Gasteiger partial charge is 0.495 e. The first-order chi connectivity index (χ1) is 8.60. The molecule has 0 bridgehead atoms. The molecule has 1 aromatic carbocycles. The molecule has 0 spiro atoms. The summed E-state index contributed by atoms with van der Waals surface area (Å²) in [6.45, 7) is 0. The van der Waals surface area contributed by atoms with E-state index in [0.29, 0.717) is 16.5 Å². The van der Waals surface area contributed by atoms with Gasteiger partial charge in [-0.15, -0.1) is 10.2 Å². The van der Waals surface area contributed by atoms with Crippen LogP contribution in [0.15, 0.2) is 18.2 Å². The highest BCUT2D eigenvalue weighted by atomic mass is 35.5. The summed E-state index contributed by atoms with van der Waals surface area (Å²) in [5, 5.41) is 10.4. The number of anilines is 1. The number of benzene rings is 1. The Morgan fingerprint density at radius 2 is 2.17 bits per heavy atom. The summed E-state index contributed by atoms with van der Waals surface area (Å²) in [7, 11) is 1.52. The van der Waals surface area contributed by atoms with Gasteiger partial charge in [0.2, 0.25) is 9.47 Å². The highest BCUT2D eigenvalue weighted by Crippen LogP contribution is 2.27. The summed E-state index contributed by atoms with van der Waals surface area (Å²) in [4.78, 5) is 11.8. The van der Waals surface area contributed by atoms with Gasteiger partial charge >= 0.3 is 0 Å². The summed E-state index contributed by atoms with van der Waals surface area (Å²) >= 11 is 12.5. The Morgan fingerprint density at radius 1 is 1.39 bits per heavy atom. The number of hydrogen-bond acceptors (Lipinski definition) is 5. The SMILES string of the molecule is COc1ccc(NC(=O)c2nnc(Cl)s2)cc1Cl. The van der Waals surface area contributed by atoms with E-state index in [0.717, 1.165) is 11.3 Å². The average molecular weight is 304 g/mol. The van der Waals surface area contributed by atoms with Gasteiger partial charge in [0, 0.05) is 5.69 Å². The molecular formula is C10H7Cl2N3O2S. The monoisotopic (exact) mass is 303 g/mol. The van der Waals surface area contributed by atoms with Crippen molar-refractivity contribution in [2.75, 3.05) is 12.4 Å². The maximum Gasteiger partial charge on any atom is 0.286 e. The Labute approximate surface area is 117 Å². The Morgan fingerprint density at radius 3 is 2.72 bits per heavy atom. The van der Waals surface area contributed by atoms with E-state index in [1.165, 1.54) is 7.11 Å². The maximum absolute atomic E-state index is 11.8. The van der Waals surface area contributed by atoms with E-state index in [9.17, 15) is 4.79 Å². The van der Waals surface area contributed by atoms with Gasteiger partial charge in [0.25, 0.3) is 5.91 Å². The van der Waals surface area contributed by atoms with E-state index >= 15 is 0 Å². The van der Waals surface area contributed by atoms with Crippen LogP contribution < -0.4 is 10.1 Å². The molecule has 1 amide bonds. The molecule has 1 aromatic heterocycles. The number of ether oxygens (including phenoxy) is 1. The second-order valence-corrected chi connectivity index (χ2v) is 5.13. The minimum Gasteiger partial charge on any atom is -0.495 e. The fourth-order valence-corrected chi connectivity index (χ4v) is 2.21. The van der Waals surface area contributed by atoms with Crippen molar-refractivity contribution in [2.45, 2.75) is 0 Å². The zero-order valence-electron chi connectivity index (χ0n) is 9.11. The number of carbonyl (C=O) groups is 1. The van der Waals surface area contributed by atoms with E-state index in [4.69, 9.17) is 27.9 Å². The quantitative estimate of drug-likeness (QED) is 0.946. The molecule has 8 heteroatoms. The van der Waals surface area contributed by atoms with E-state index in [2.05, 4.69) is 15.5 Å². The molecule has 5 nitrogen and oxygen atoms in total. The first kappa shape index (κ1) is 13.1. The molecule has 2 rings (SSSR count). The number of rotatable bonds is 3. The molecule has 0 fully saturated rings. The van der Waals surface area contributed by atoms with Crippen molar-refractivity contribution in [3.63, 3.8) is 0 Å². The lowest BCUT2D eigenvalue weighted by Gasteiger charge is -2.06. The molecule has 0 aliphatic rings. The predicted molar refractivity (Wildman–Crippen MR) is 70.9 cm³/mol. The topological polar surface area (TPSA) is 64.1 Å². The third-order valence-electron chi connectivity index (χ3n) is 2.00. The van der Waals surface area contributed by atoms with Crippen LogP contribution in [0.4, 0.5) is 5.69 Å². The molecule has 2 aromatic rings. The molecule has 0 atom stereocenters. The first-order valence-electron chi connectivity index (χ1n) is 4.74. The van der Waals surface area contributed by atoms with Gasteiger partial charge in [-0.05, 0) is 29.8 Å². The Kier molecular flexibility index (Phi) is 4.00. The number of hydrogen-bond donors (Lipinski definition) is 1. The van der Waals surface area contributed by atoms with E-state index in [1.54, 1.807) is 18.2 Å². The Balaban J connectivity index is 2.14. The lowest BCUT2D eigenvalue weighted by molar-refractivity contribution is 0.102. The Bertz CT molecular complexity index is 588. The molecule has 94 valence electrons. The van der Waals surface area contributed by atoms with E-state index < -0.39 is 0 Å². The van der Waals surface area contributed by atoms with Gasteiger partial charge in [0.15, 0.2) is 0 Å². The molecule has 0 aliphatic carbocycles. The second-order valence-electron chi connectivity index (χ2n) is 3.16. The van der Waals surface area contributed by atoms with Gasteiger partial charge in [-0.1, -0.05) is 22.9 Å². The molecule has 18 heavy (non-hydrogen) atoms. The van der Waals surface area contributed by atoms with Crippen molar-refractivity contribution >= 4 is 46.1 Å². The van der Waals surface area contributed by atoms with Gasteiger partial charge < -0.3 is 10.1 Å². The third-order valence-corrected chi connectivity index (χ3v) is 3.32. The highest BCUT2D eigenvalue weighted by Gasteiger charge is 2.12. The first-order valence-corrected chi connectivity index (χ1v) is 6.31. The number of nitrogens with one attached hydrogen (secondary N) is 1. The van der Waals surface area contributed by atoms with Crippen LogP contribution in [-0.4, -0.2) is 23.2 Å². The average Bonchev–Trinajstić information content (AvgIpc) is 2.76. The summed E-state index contributed by atoms with van der Waals surface area (Å²) in [6, 6.07) is 4.91. The highest BCUT2D eigenvalue weighted by molar-refractivity contribution is 7.17. The van der Waals surface area contributed by atoms with E-state index in [-0.39, 0.29) is 15.4 Å². The fraction of sp³-hybridized carbons (Fsp3) is 0.100. The van der Waals surface area contributed by atoms with Gasteiger partial charge in [-0.3, -0.25) is 4.79 Å². The molecule has 1 heterocycles. The molecule has 0 aliphatic heterocycles. The van der Waals surface area contributed by atoms with Crippen molar-refractivity contribution in [3.8, 4) is 5.75 Å². The van der Waals surface area contributed by atoms with Crippen LogP contribution in [0.25, 0.3) is 0 Å². The summed E-state index contributed by atoms with van der Waals surface area (Å²) in [5.74, 6) is 0.147. The number of carbonyl (C=O) groups excluding carboxylic acids is 1. The molecular weight excluding hydrogens is 297 g/mol. The lowest BCUT2D eigenvalue weighted by atomic mass is 10.3. The van der Waals surface area contributed by atoms with Gasteiger partial charge in [-0.2, -0.15) is 0 Å². The van der Waals surface area contributed by atoms with Crippen LogP contribution in [0.1, 0.15) is 9.80 Å². The van der Waals surface area contributed by atoms with Gasteiger partial charge in [0.05, 0.1) is 12.1 Å². The van der Waals surface area contributed by atoms with E-state index in [1.807, 2.05) is 0 Å². The van der Waals surface area contributed by atoms with Gasteiger partial charge in [0.1, 0.15) is 5.75 Å². The second kappa shape index (κ2) is 5.51. The summed E-state index contributed by atoms with van der Waals surface area (Å²) < 4.78 is 5.23. The van der Waals surface area contributed by atoms with Crippen LogP contribution in [0, 0.1) is 0 Å². The standard InChI is InChI=1S/C10H7Cl2N3O2S/c1-17-7-3-2-5(4-6(7)11)13-8(16)9-14-15-10(12)18-9/h2-4H,1H3,(H,13,16). The Hall–Kier alpha value is -1.37. The van der Waals surface area contributed by atoms with Crippen LogP contribution >= 0.6 is 34.5 Å². The third kappa shape index (κ3) is 2.90. The van der Waals surface area contributed by atoms with Crippen LogP contribution in [0.5, 0.6) is 5.75 Å². The summed E-state index contributed by atoms with van der Waals surface area (Å²) in [5.41, 5.74) is 0.539. The molecule has 0 unspecified atom stereocenters. The van der Waals surface area contributed by atoms with Crippen molar-refractivity contribution in [3.05, 3.63) is 32.7 Å². The number of amides is 1. The zero-order valence-corrected chi connectivity index (χ0v) is 11.4. The minimum atomic E-state index is -0.388. The van der Waals surface area contributed by atoms with Crippen LogP contribution in [-0.2, 0) is 0 Å². The zero-order chi connectivity index (χ0) is 13.1. The van der Waals surface area contributed by atoms with Crippen LogP contribution in [0.3, 0.4) is 0 Å². The number of aromatic nitrogens is 2. The molecule has 0 saturated heterocycles. The normalized spacial score (nSPS) is 10.2. The molecule has 1 N–H and O–H groups in total. The van der Waals surface area contributed by atoms with Crippen molar-refractivity contribution in [1.82, 2.24) is 10.2 Å². The smallest absolute Gasteiger partial charge is 0.286 e. The van der Waals surface area contributed by atoms with Gasteiger partial charge in [-0.25, -0.2) is 0 Å². The molecule has 0 saturated carbocycles. The number of methoxy groups -OCH3 is 1. The minimum absolute atomic E-state index is 0.187. The lowest BCUT2D eigenvalue weighted by Crippen LogP contribution is -2.11. The maximum atomic E-state index is 11.8. The predicted octanol–water partition coefficient (Wildman–Crippen LogP) is 3.11.